The number of carbonyl (C=O) groups is 1. The molecule has 0 saturated carbocycles. The Balaban J connectivity index is 2.24. The van der Waals surface area contributed by atoms with Crippen LogP contribution in [-0.2, 0) is 10.3 Å². The third kappa shape index (κ3) is 6.03. The lowest BCUT2D eigenvalue weighted by Gasteiger charge is -2.46. The van der Waals surface area contributed by atoms with E-state index in [9.17, 15) is 4.79 Å². The zero-order chi connectivity index (χ0) is 26.9. The number of nitrogens with zero attached hydrogens (tertiary/aromatic N) is 3. The first-order valence-electron chi connectivity index (χ1n) is 12.6. The van der Waals surface area contributed by atoms with E-state index < -0.39 is 14.4 Å². The number of hydrogen-bond acceptors (Lipinski definition) is 4. The molecule has 0 aliphatic carbocycles. The van der Waals surface area contributed by atoms with Gasteiger partial charge in [-0.3, -0.25) is 4.98 Å². The van der Waals surface area contributed by atoms with Gasteiger partial charge in [0, 0.05) is 11.9 Å². The molecule has 0 aliphatic rings. The minimum absolute atomic E-state index is 0.0366. The second kappa shape index (κ2) is 10.7. The number of amides is 1. The van der Waals surface area contributed by atoms with E-state index in [0.717, 1.165) is 27.8 Å². The number of rotatable bonds is 9. The van der Waals surface area contributed by atoms with Crippen LogP contribution in [0.2, 0.25) is 18.1 Å². The van der Waals surface area contributed by atoms with Gasteiger partial charge < -0.3 is 19.4 Å². The Hall–Kier alpha value is -2.16. The summed E-state index contributed by atoms with van der Waals surface area (Å²) in [6.45, 7) is 18.3. The molecular weight excluding hydrogens is 492 g/mol. The minimum atomic E-state index is -2.16. The minimum Gasteiger partial charge on any atom is -0.465 e. The summed E-state index contributed by atoms with van der Waals surface area (Å²) in [7, 11) is -2.16. The standard InChI is InChI=1S/C27H41ClN4O3Si/c1-26(2,3)24(35-36(7,8)27(4,5)6)21(14-11-15-29-25(33)34)32-22(16-28)31-20-17-30-19-13-10-9-12-18(19)23(20)32/h9-10,12-13,17,21,24,29H,11,14-16H2,1-8H3,(H,33,34)/t21-,24?/m0/s1. The van der Waals surface area contributed by atoms with Crippen molar-refractivity contribution in [1.82, 2.24) is 19.9 Å². The number of benzene rings is 1. The molecule has 36 heavy (non-hydrogen) atoms. The average Bonchev–Trinajstić information content (AvgIpc) is 3.15. The molecule has 0 radical (unpaired) electrons. The fourth-order valence-corrected chi connectivity index (χ4v) is 6.16. The molecule has 0 bridgehead atoms. The third-order valence-electron chi connectivity index (χ3n) is 7.33. The molecule has 3 rings (SSSR count). The summed E-state index contributed by atoms with van der Waals surface area (Å²) < 4.78 is 9.45. The van der Waals surface area contributed by atoms with Gasteiger partial charge in [-0.25, -0.2) is 9.78 Å². The van der Waals surface area contributed by atoms with Crippen molar-refractivity contribution in [3.63, 3.8) is 0 Å². The van der Waals surface area contributed by atoms with Crippen LogP contribution in [0.15, 0.2) is 30.5 Å². The number of hydrogen-bond donors (Lipinski definition) is 2. The Bertz CT molecular complexity index is 1210. The van der Waals surface area contributed by atoms with Gasteiger partial charge >= 0.3 is 6.09 Å². The number of alkyl halides is 1. The fraction of sp³-hybridized carbons (Fsp3) is 0.593. The van der Waals surface area contributed by atoms with Crippen LogP contribution < -0.4 is 5.32 Å². The van der Waals surface area contributed by atoms with E-state index in [2.05, 4.69) is 75.6 Å². The van der Waals surface area contributed by atoms with E-state index in [4.69, 9.17) is 26.1 Å². The van der Waals surface area contributed by atoms with Gasteiger partial charge in [-0.2, -0.15) is 0 Å². The summed E-state index contributed by atoms with van der Waals surface area (Å²) in [5.74, 6) is 1.03. The summed E-state index contributed by atoms with van der Waals surface area (Å²) >= 11 is 6.50. The molecule has 2 N–H and O–H groups in total. The molecule has 1 amide bonds. The molecule has 0 spiro atoms. The Morgan fingerprint density at radius 2 is 1.83 bits per heavy atom. The van der Waals surface area contributed by atoms with Crippen LogP contribution in [0.4, 0.5) is 4.79 Å². The number of halogens is 1. The molecule has 0 saturated heterocycles. The van der Waals surface area contributed by atoms with Gasteiger partial charge in [0.25, 0.3) is 0 Å². The number of pyridine rings is 1. The molecule has 1 aromatic carbocycles. The first-order valence-corrected chi connectivity index (χ1v) is 16.1. The fourth-order valence-electron chi connectivity index (χ4n) is 4.47. The summed E-state index contributed by atoms with van der Waals surface area (Å²) in [5.41, 5.74) is 2.51. The maximum absolute atomic E-state index is 11.1. The first-order chi connectivity index (χ1) is 16.7. The van der Waals surface area contributed by atoms with Crippen molar-refractivity contribution in [3.05, 3.63) is 36.3 Å². The zero-order valence-corrected chi connectivity index (χ0v) is 24.6. The highest BCUT2D eigenvalue weighted by Crippen LogP contribution is 2.44. The summed E-state index contributed by atoms with van der Waals surface area (Å²) in [5, 5.41) is 12.7. The molecule has 2 heterocycles. The monoisotopic (exact) mass is 532 g/mol. The smallest absolute Gasteiger partial charge is 0.404 e. The van der Waals surface area contributed by atoms with Gasteiger partial charge in [0.15, 0.2) is 8.32 Å². The number of imidazole rings is 1. The number of nitrogens with one attached hydrogen (secondary N) is 1. The van der Waals surface area contributed by atoms with Gasteiger partial charge in [-0.15, -0.1) is 11.6 Å². The Morgan fingerprint density at radius 1 is 1.17 bits per heavy atom. The van der Waals surface area contributed by atoms with E-state index in [1.807, 2.05) is 24.4 Å². The molecular formula is C27H41ClN4O3Si. The van der Waals surface area contributed by atoms with Crippen LogP contribution in [0.3, 0.4) is 0 Å². The van der Waals surface area contributed by atoms with Crippen molar-refractivity contribution < 1.29 is 14.3 Å². The molecule has 9 heteroatoms. The van der Waals surface area contributed by atoms with Crippen molar-refractivity contribution in [1.29, 1.82) is 0 Å². The van der Waals surface area contributed by atoms with E-state index in [-0.39, 0.29) is 28.5 Å². The predicted octanol–water partition coefficient (Wildman–Crippen LogP) is 7.35. The second-order valence-corrected chi connectivity index (χ2v) is 17.2. The number of fused-ring (bicyclic) bond motifs is 3. The lowest BCUT2D eigenvalue weighted by atomic mass is 9.83. The van der Waals surface area contributed by atoms with Crippen molar-refractivity contribution in [2.24, 2.45) is 5.41 Å². The lowest BCUT2D eigenvalue weighted by molar-refractivity contribution is 0.0238. The van der Waals surface area contributed by atoms with Crippen molar-refractivity contribution in [2.45, 2.75) is 90.5 Å². The molecule has 2 atom stereocenters. The SMILES string of the molecule is CC(C)(C)C(O[Si](C)(C)C(C)(C)C)[C@H](CCCNC(=O)O)n1c(CCl)nc2cnc3ccccc3c21. The van der Waals surface area contributed by atoms with E-state index in [1.54, 1.807) is 0 Å². The number of carboxylic acid groups (broad SMARTS) is 1. The molecule has 198 valence electrons. The van der Waals surface area contributed by atoms with Crippen LogP contribution in [0, 0.1) is 5.41 Å². The molecule has 1 unspecified atom stereocenters. The third-order valence-corrected chi connectivity index (χ3v) is 12.0. The van der Waals surface area contributed by atoms with Crippen LogP contribution >= 0.6 is 11.6 Å². The van der Waals surface area contributed by atoms with Crippen LogP contribution in [-0.4, -0.2) is 46.7 Å². The van der Waals surface area contributed by atoms with E-state index in [1.165, 1.54) is 0 Å². The van der Waals surface area contributed by atoms with Crippen LogP contribution in [0.5, 0.6) is 0 Å². The molecule has 0 aliphatic heterocycles. The van der Waals surface area contributed by atoms with Crippen molar-refractivity contribution in [3.8, 4) is 0 Å². The topological polar surface area (TPSA) is 89.3 Å². The Kier molecular flexibility index (Phi) is 8.42. The molecule has 7 nitrogen and oxygen atoms in total. The summed E-state index contributed by atoms with van der Waals surface area (Å²) in [6.07, 6.45) is 2.03. The normalized spacial score (nSPS) is 14.8. The van der Waals surface area contributed by atoms with Crippen LogP contribution in [0.1, 0.15) is 66.3 Å². The Labute approximate surface area is 220 Å². The highest BCUT2D eigenvalue weighted by Gasteiger charge is 2.45. The van der Waals surface area contributed by atoms with Crippen molar-refractivity contribution >= 4 is 47.9 Å². The first kappa shape index (κ1) is 28.4. The number of para-hydroxylation sites is 1. The quantitative estimate of drug-likeness (QED) is 0.171. The summed E-state index contributed by atoms with van der Waals surface area (Å²) in [6, 6.07) is 7.98. The van der Waals surface area contributed by atoms with Crippen LogP contribution in [0.25, 0.3) is 21.9 Å². The summed E-state index contributed by atoms with van der Waals surface area (Å²) in [4.78, 5) is 20.6. The average molecular weight is 533 g/mol. The zero-order valence-electron chi connectivity index (χ0n) is 22.9. The highest BCUT2D eigenvalue weighted by molar-refractivity contribution is 6.74. The van der Waals surface area contributed by atoms with Gasteiger partial charge in [0.2, 0.25) is 0 Å². The highest BCUT2D eigenvalue weighted by atomic mass is 35.5. The maximum atomic E-state index is 11.1. The number of aromatic nitrogens is 3. The Morgan fingerprint density at radius 3 is 2.42 bits per heavy atom. The second-order valence-electron chi connectivity index (χ2n) is 12.1. The van der Waals surface area contributed by atoms with Gasteiger partial charge in [0.1, 0.15) is 11.3 Å². The van der Waals surface area contributed by atoms with Gasteiger partial charge in [-0.05, 0) is 42.5 Å². The predicted molar refractivity (Wildman–Crippen MR) is 150 cm³/mol. The lowest BCUT2D eigenvalue weighted by Crippen LogP contribution is -2.50. The van der Waals surface area contributed by atoms with E-state index in [0.29, 0.717) is 19.4 Å². The van der Waals surface area contributed by atoms with Gasteiger partial charge in [0.05, 0.1) is 35.3 Å². The largest absolute Gasteiger partial charge is 0.465 e. The molecule has 0 fully saturated rings. The molecule has 3 aromatic rings. The van der Waals surface area contributed by atoms with Crippen molar-refractivity contribution in [2.75, 3.05) is 6.54 Å². The van der Waals surface area contributed by atoms with Gasteiger partial charge in [-0.1, -0.05) is 59.7 Å². The maximum Gasteiger partial charge on any atom is 0.404 e. The van der Waals surface area contributed by atoms with E-state index >= 15 is 0 Å². The molecule has 2 aromatic heterocycles.